The molecule has 2 amide bonds. The highest BCUT2D eigenvalue weighted by atomic mass is 16.5. The molecule has 3 rings (SSSR count). The van der Waals surface area contributed by atoms with Gasteiger partial charge < -0.3 is 20.3 Å². The molecule has 2 N–H and O–H groups in total. The van der Waals surface area contributed by atoms with E-state index in [9.17, 15) is 9.59 Å². The van der Waals surface area contributed by atoms with Gasteiger partial charge in [0.05, 0.1) is 12.3 Å². The third-order valence-electron chi connectivity index (χ3n) is 5.30. The maximum Gasteiger partial charge on any atom is 0.253 e. The van der Waals surface area contributed by atoms with E-state index in [1.165, 1.54) is 4.90 Å². The molecule has 2 aliphatic rings. The summed E-state index contributed by atoms with van der Waals surface area (Å²) >= 11 is 0. The van der Waals surface area contributed by atoms with E-state index in [4.69, 9.17) is 4.74 Å². The first kappa shape index (κ1) is 17.7. The van der Waals surface area contributed by atoms with E-state index in [-0.39, 0.29) is 23.1 Å². The smallest absolute Gasteiger partial charge is 0.253 e. The number of piperidine rings is 1. The summed E-state index contributed by atoms with van der Waals surface area (Å²) in [5.74, 6) is 0.611. The Bertz CT molecular complexity index is 666. The molecule has 0 radical (unpaired) electrons. The van der Waals surface area contributed by atoms with E-state index in [1.807, 2.05) is 6.92 Å². The predicted octanol–water partition coefficient (Wildman–Crippen LogP) is 2.12. The summed E-state index contributed by atoms with van der Waals surface area (Å²) in [7, 11) is 3.42. The number of anilines is 1. The third-order valence-corrected chi connectivity index (χ3v) is 5.30. The van der Waals surface area contributed by atoms with E-state index in [1.54, 1.807) is 32.3 Å². The quantitative estimate of drug-likeness (QED) is 0.857. The summed E-state index contributed by atoms with van der Waals surface area (Å²) in [4.78, 5) is 26.3. The fourth-order valence-electron chi connectivity index (χ4n) is 3.71. The van der Waals surface area contributed by atoms with Crippen molar-refractivity contribution >= 4 is 17.5 Å². The number of amides is 2. The molecule has 25 heavy (non-hydrogen) atoms. The van der Waals surface area contributed by atoms with Crippen LogP contribution in [-0.4, -0.2) is 50.5 Å². The van der Waals surface area contributed by atoms with Gasteiger partial charge in [-0.25, -0.2) is 0 Å². The number of hydrogen-bond acceptors (Lipinski definition) is 4. The number of ether oxygens (including phenoxy) is 1. The van der Waals surface area contributed by atoms with Crippen molar-refractivity contribution in [3.63, 3.8) is 0 Å². The van der Waals surface area contributed by atoms with Gasteiger partial charge in [-0.1, -0.05) is 0 Å². The number of carbonyl (C=O) groups excluding carboxylic acids is 2. The maximum absolute atomic E-state index is 12.7. The average molecular weight is 345 g/mol. The van der Waals surface area contributed by atoms with Crippen LogP contribution in [0.4, 0.5) is 5.69 Å². The van der Waals surface area contributed by atoms with Gasteiger partial charge in [-0.3, -0.25) is 9.59 Å². The highest BCUT2D eigenvalue weighted by Gasteiger charge is 2.57. The number of rotatable bonds is 5. The Kier molecular flexibility index (Phi) is 4.99. The second-order valence-corrected chi connectivity index (χ2v) is 7.20. The van der Waals surface area contributed by atoms with Gasteiger partial charge in [-0.2, -0.15) is 0 Å². The topological polar surface area (TPSA) is 70.7 Å². The Labute approximate surface area is 148 Å². The first-order valence-corrected chi connectivity index (χ1v) is 8.97. The lowest BCUT2D eigenvalue weighted by Crippen LogP contribution is -2.31. The van der Waals surface area contributed by atoms with Crippen LogP contribution in [0.5, 0.6) is 5.75 Å². The number of carbonyl (C=O) groups is 2. The minimum Gasteiger partial charge on any atom is -0.492 e. The molecule has 1 aliphatic heterocycles. The van der Waals surface area contributed by atoms with Crippen molar-refractivity contribution < 1.29 is 14.3 Å². The first-order valence-electron chi connectivity index (χ1n) is 8.97. The van der Waals surface area contributed by atoms with Crippen molar-refractivity contribution in [2.24, 2.45) is 11.3 Å². The molecule has 1 aromatic rings. The minimum atomic E-state index is -0.0883. The Morgan fingerprint density at radius 2 is 2.04 bits per heavy atom. The fraction of sp³-hybridized carbons (Fsp3) is 0.579. The van der Waals surface area contributed by atoms with Crippen molar-refractivity contribution in [1.82, 2.24) is 10.2 Å². The Morgan fingerprint density at radius 1 is 1.32 bits per heavy atom. The molecule has 1 spiro atoms. The van der Waals surface area contributed by atoms with Crippen LogP contribution in [0.3, 0.4) is 0 Å². The van der Waals surface area contributed by atoms with E-state index < -0.39 is 0 Å². The standard InChI is InChI=1S/C19H27N3O3/c1-4-25-16-11-13(18(24)22(2)3)5-6-15(16)21-17(23)14-12-19(14)7-9-20-10-8-19/h5-6,11,14,20H,4,7-10,12H2,1-3H3,(H,21,23). The van der Waals surface area contributed by atoms with E-state index in [2.05, 4.69) is 10.6 Å². The molecule has 2 fully saturated rings. The monoisotopic (exact) mass is 345 g/mol. The van der Waals surface area contributed by atoms with Gasteiger partial charge in [-0.15, -0.1) is 0 Å². The summed E-state index contributed by atoms with van der Waals surface area (Å²) in [6.45, 7) is 4.35. The van der Waals surface area contributed by atoms with Crippen molar-refractivity contribution in [2.45, 2.75) is 26.2 Å². The van der Waals surface area contributed by atoms with Crippen molar-refractivity contribution in [2.75, 3.05) is 39.1 Å². The second-order valence-electron chi connectivity index (χ2n) is 7.20. The predicted molar refractivity (Wildman–Crippen MR) is 96.9 cm³/mol. The average Bonchev–Trinajstić information content (AvgIpc) is 3.29. The fourth-order valence-corrected chi connectivity index (χ4v) is 3.71. The number of benzene rings is 1. The highest BCUT2D eigenvalue weighted by molar-refractivity contribution is 5.98. The van der Waals surface area contributed by atoms with Gasteiger partial charge in [0.15, 0.2) is 0 Å². The van der Waals surface area contributed by atoms with Crippen LogP contribution in [0.1, 0.15) is 36.5 Å². The van der Waals surface area contributed by atoms with Crippen LogP contribution >= 0.6 is 0 Å². The molecular weight excluding hydrogens is 318 g/mol. The molecule has 6 heteroatoms. The van der Waals surface area contributed by atoms with E-state index in [0.717, 1.165) is 32.4 Å². The number of hydrogen-bond donors (Lipinski definition) is 2. The van der Waals surface area contributed by atoms with Crippen LogP contribution in [0.15, 0.2) is 18.2 Å². The summed E-state index contributed by atoms with van der Waals surface area (Å²) in [5, 5.41) is 6.37. The number of nitrogens with one attached hydrogen (secondary N) is 2. The SMILES string of the molecule is CCOc1cc(C(=O)N(C)C)ccc1NC(=O)C1CC12CCNCC2. The highest BCUT2D eigenvalue weighted by Crippen LogP contribution is 2.58. The molecule has 1 aliphatic carbocycles. The van der Waals surface area contributed by atoms with Crippen molar-refractivity contribution in [1.29, 1.82) is 0 Å². The molecule has 0 aromatic heterocycles. The minimum absolute atomic E-state index is 0.0644. The Balaban J connectivity index is 1.73. The van der Waals surface area contributed by atoms with Gasteiger partial charge >= 0.3 is 0 Å². The molecule has 0 bridgehead atoms. The lowest BCUT2D eigenvalue weighted by Gasteiger charge is -2.23. The normalized spacial score (nSPS) is 20.8. The Morgan fingerprint density at radius 3 is 2.68 bits per heavy atom. The zero-order chi connectivity index (χ0) is 18.0. The van der Waals surface area contributed by atoms with Gasteiger partial charge in [-0.05, 0) is 62.9 Å². The van der Waals surface area contributed by atoms with Crippen LogP contribution in [0, 0.1) is 11.3 Å². The zero-order valence-corrected chi connectivity index (χ0v) is 15.2. The van der Waals surface area contributed by atoms with Gasteiger partial charge in [0, 0.05) is 25.6 Å². The molecule has 1 saturated heterocycles. The number of nitrogens with zero attached hydrogens (tertiary/aromatic N) is 1. The molecule has 136 valence electrons. The van der Waals surface area contributed by atoms with Crippen LogP contribution in [-0.2, 0) is 4.79 Å². The van der Waals surface area contributed by atoms with E-state index >= 15 is 0 Å². The summed E-state index contributed by atoms with van der Waals surface area (Å²) in [5.41, 5.74) is 1.38. The van der Waals surface area contributed by atoms with Gasteiger partial charge in [0.25, 0.3) is 5.91 Å². The zero-order valence-electron chi connectivity index (χ0n) is 15.2. The summed E-state index contributed by atoms with van der Waals surface area (Å²) in [6.07, 6.45) is 3.11. The van der Waals surface area contributed by atoms with Crippen LogP contribution in [0.25, 0.3) is 0 Å². The molecule has 1 unspecified atom stereocenters. The molecule has 1 aromatic carbocycles. The Hall–Kier alpha value is -2.08. The van der Waals surface area contributed by atoms with Gasteiger partial charge in [0.2, 0.25) is 5.91 Å². The lowest BCUT2D eigenvalue weighted by molar-refractivity contribution is -0.118. The third kappa shape index (κ3) is 3.63. The lowest BCUT2D eigenvalue weighted by atomic mass is 9.92. The van der Waals surface area contributed by atoms with Crippen LogP contribution in [0.2, 0.25) is 0 Å². The van der Waals surface area contributed by atoms with E-state index in [0.29, 0.717) is 23.6 Å². The first-order chi connectivity index (χ1) is 12.0. The summed E-state index contributed by atoms with van der Waals surface area (Å²) < 4.78 is 5.65. The van der Waals surface area contributed by atoms with Crippen molar-refractivity contribution in [3.8, 4) is 5.75 Å². The maximum atomic E-state index is 12.7. The molecular formula is C19H27N3O3. The second kappa shape index (κ2) is 7.04. The molecule has 1 heterocycles. The van der Waals surface area contributed by atoms with Crippen LogP contribution < -0.4 is 15.4 Å². The largest absolute Gasteiger partial charge is 0.492 e. The summed E-state index contributed by atoms with van der Waals surface area (Å²) in [6, 6.07) is 5.19. The molecule has 1 saturated carbocycles. The molecule has 6 nitrogen and oxygen atoms in total. The van der Waals surface area contributed by atoms with Crippen molar-refractivity contribution in [3.05, 3.63) is 23.8 Å². The molecule has 1 atom stereocenters. The van der Waals surface area contributed by atoms with Gasteiger partial charge in [0.1, 0.15) is 5.75 Å².